The van der Waals surface area contributed by atoms with Gasteiger partial charge >= 0.3 is 0 Å². The lowest BCUT2D eigenvalue weighted by Gasteiger charge is -2.20. The molecule has 0 amide bonds. The highest BCUT2D eigenvalue weighted by atomic mass is 79.9. The highest BCUT2D eigenvalue weighted by Gasteiger charge is 2.09. The van der Waals surface area contributed by atoms with Crippen LogP contribution in [0.4, 0.5) is 0 Å². The largest absolute Gasteiger partial charge is 0.493 e. The van der Waals surface area contributed by atoms with Crippen LogP contribution >= 0.6 is 15.9 Å². The van der Waals surface area contributed by atoms with Gasteiger partial charge < -0.3 is 10.1 Å². The van der Waals surface area contributed by atoms with Crippen molar-refractivity contribution in [2.24, 2.45) is 0 Å². The predicted molar refractivity (Wildman–Crippen MR) is 86.1 cm³/mol. The van der Waals surface area contributed by atoms with Crippen LogP contribution in [0, 0.1) is 0 Å². The van der Waals surface area contributed by atoms with Crippen LogP contribution in [-0.4, -0.2) is 18.7 Å². The van der Waals surface area contributed by atoms with Crippen LogP contribution in [0.2, 0.25) is 0 Å². The molecule has 0 heterocycles. The van der Waals surface area contributed by atoms with E-state index in [-0.39, 0.29) is 5.54 Å². The molecule has 0 aliphatic carbocycles. The Morgan fingerprint density at radius 1 is 1.26 bits per heavy atom. The average Bonchev–Trinajstić information content (AvgIpc) is 2.28. The van der Waals surface area contributed by atoms with Crippen molar-refractivity contribution in [3.8, 4) is 5.75 Å². The normalized spacial score (nSPS) is 11.9. The molecule has 0 radical (unpaired) electrons. The third-order valence-corrected chi connectivity index (χ3v) is 3.32. The van der Waals surface area contributed by atoms with E-state index in [0.717, 1.165) is 29.8 Å². The Balaban J connectivity index is 2.45. The molecule has 1 N–H and O–H groups in total. The molecule has 0 aliphatic rings. The van der Waals surface area contributed by atoms with Crippen molar-refractivity contribution < 1.29 is 4.74 Å². The summed E-state index contributed by atoms with van der Waals surface area (Å²) < 4.78 is 7.02. The number of hydrogen-bond acceptors (Lipinski definition) is 2. The number of rotatable bonds is 6. The van der Waals surface area contributed by atoms with Crippen molar-refractivity contribution in [2.45, 2.75) is 52.5 Å². The lowest BCUT2D eigenvalue weighted by molar-refractivity contribution is 0.294. The first-order chi connectivity index (χ1) is 8.79. The first kappa shape index (κ1) is 16.5. The molecule has 1 aromatic carbocycles. The van der Waals surface area contributed by atoms with E-state index in [2.05, 4.69) is 68.0 Å². The van der Waals surface area contributed by atoms with Gasteiger partial charge in [0, 0.05) is 10.0 Å². The monoisotopic (exact) mass is 327 g/mol. The van der Waals surface area contributed by atoms with Crippen LogP contribution in [0.3, 0.4) is 0 Å². The molecule has 1 aromatic rings. The minimum Gasteiger partial charge on any atom is -0.493 e. The Bertz CT molecular complexity index is 396. The zero-order valence-corrected chi connectivity index (χ0v) is 14.3. The molecule has 0 unspecified atom stereocenters. The summed E-state index contributed by atoms with van der Waals surface area (Å²) in [6.07, 6.45) is 1.02. The van der Waals surface area contributed by atoms with Gasteiger partial charge in [0.1, 0.15) is 5.75 Å². The van der Waals surface area contributed by atoms with Crippen LogP contribution in [0.15, 0.2) is 22.7 Å². The van der Waals surface area contributed by atoms with Gasteiger partial charge in [0.25, 0.3) is 0 Å². The summed E-state index contributed by atoms with van der Waals surface area (Å²) in [5, 5.41) is 3.47. The van der Waals surface area contributed by atoms with Crippen LogP contribution in [-0.2, 0) is 0 Å². The summed E-state index contributed by atoms with van der Waals surface area (Å²) in [5.41, 5.74) is 1.44. The first-order valence-corrected chi connectivity index (χ1v) is 7.76. The van der Waals surface area contributed by atoms with Crippen LogP contribution in [0.25, 0.3) is 0 Å². The van der Waals surface area contributed by atoms with E-state index >= 15 is 0 Å². The molecule has 0 bridgehead atoms. The van der Waals surface area contributed by atoms with Crippen molar-refractivity contribution >= 4 is 15.9 Å². The van der Waals surface area contributed by atoms with Gasteiger partial charge in [-0.25, -0.2) is 0 Å². The van der Waals surface area contributed by atoms with Crippen molar-refractivity contribution in [1.29, 1.82) is 0 Å². The van der Waals surface area contributed by atoms with E-state index in [1.54, 1.807) is 0 Å². The summed E-state index contributed by atoms with van der Waals surface area (Å²) in [7, 11) is 0. The van der Waals surface area contributed by atoms with Gasteiger partial charge in [-0.2, -0.15) is 0 Å². The second-order valence-electron chi connectivity index (χ2n) is 6.22. The van der Waals surface area contributed by atoms with E-state index in [0.29, 0.717) is 5.92 Å². The van der Waals surface area contributed by atoms with E-state index in [1.807, 2.05) is 6.07 Å². The van der Waals surface area contributed by atoms with Gasteiger partial charge in [-0.1, -0.05) is 29.8 Å². The molecule has 0 atom stereocenters. The minimum absolute atomic E-state index is 0.181. The number of benzene rings is 1. The first-order valence-electron chi connectivity index (χ1n) is 6.97. The van der Waals surface area contributed by atoms with Gasteiger partial charge in [0.05, 0.1) is 6.61 Å². The van der Waals surface area contributed by atoms with Gasteiger partial charge in [0.2, 0.25) is 0 Å². The van der Waals surface area contributed by atoms with E-state index in [4.69, 9.17) is 4.74 Å². The maximum atomic E-state index is 5.91. The molecule has 108 valence electrons. The highest BCUT2D eigenvalue weighted by molar-refractivity contribution is 9.10. The summed E-state index contributed by atoms with van der Waals surface area (Å²) in [5.74, 6) is 1.48. The lowest BCUT2D eigenvalue weighted by Crippen LogP contribution is -2.36. The Morgan fingerprint density at radius 3 is 2.53 bits per heavy atom. The molecule has 0 aromatic heterocycles. The molecule has 0 aliphatic heterocycles. The maximum Gasteiger partial charge on any atom is 0.122 e. The number of ether oxygens (including phenoxy) is 1. The molecule has 3 heteroatoms. The Labute approximate surface area is 126 Å². The lowest BCUT2D eigenvalue weighted by atomic mass is 10.0. The molecule has 1 rings (SSSR count). The molecule has 0 saturated heterocycles. The number of nitrogens with one attached hydrogen (secondary N) is 1. The second-order valence-corrected chi connectivity index (χ2v) is 7.13. The van der Waals surface area contributed by atoms with Crippen LogP contribution in [0.5, 0.6) is 5.75 Å². The van der Waals surface area contributed by atoms with Crippen molar-refractivity contribution in [1.82, 2.24) is 5.32 Å². The predicted octanol–water partition coefficient (Wildman–Crippen LogP) is 4.73. The summed E-state index contributed by atoms with van der Waals surface area (Å²) in [6.45, 7) is 12.7. The molecular formula is C16H26BrNO. The summed E-state index contributed by atoms with van der Waals surface area (Å²) in [6, 6.07) is 6.23. The fourth-order valence-electron chi connectivity index (χ4n) is 1.82. The van der Waals surface area contributed by atoms with Crippen molar-refractivity contribution in [3.63, 3.8) is 0 Å². The number of hydrogen-bond donors (Lipinski definition) is 1. The highest BCUT2D eigenvalue weighted by Crippen LogP contribution is 2.29. The smallest absolute Gasteiger partial charge is 0.122 e. The molecule has 0 saturated carbocycles. The molecule has 0 spiro atoms. The summed E-state index contributed by atoms with van der Waals surface area (Å²) in [4.78, 5) is 0. The van der Waals surface area contributed by atoms with Gasteiger partial charge in [-0.05, 0) is 63.4 Å². The van der Waals surface area contributed by atoms with E-state index in [1.165, 1.54) is 5.56 Å². The van der Waals surface area contributed by atoms with E-state index < -0.39 is 0 Å². The van der Waals surface area contributed by atoms with Crippen molar-refractivity contribution in [3.05, 3.63) is 28.2 Å². The standard InChI is InChI=1S/C16H26BrNO/c1-12(2)14-11-13(17)7-8-15(14)19-10-6-9-18-16(3,4)5/h7-8,11-12,18H,6,9-10H2,1-5H3. The topological polar surface area (TPSA) is 21.3 Å². The fourth-order valence-corrected chi connectivity index (χ4v) is 2.20. The zero-order chi connectivity index (χ0) is 14.5. The minimum atomic E-state index is 0.181. The third kappa shape index (κ3) is 6.44. The second kappa shape index (κ2) is 7.30. The number of halogens is 1. The summed E-state index contributed by atoms with van der Waals surface area (Å²) >= 11 is 3.51. The Kier molecular flexibility index (Phi) is 6.34. The van der Waals surface area contributed by atoms with Crippen LogP contribution < -0.4 is 10.1 Å². The quantitative estimate of drug-likeness (QED) is 0.762. The zero-order valence-electron chi connectivity index (χ0n) is 12.7. The Morgan fingerprint density at radius 2 is 1.95 bits per heavy atom. The van der Waals surface area contributed by atoms with E-state index in [9.17, 15) is 0 Å². The average molecular weight is 328 g/mol. The molecule has 2 nitrogen and oxygen atoms in total. The molecular weight excluding hydrogens is 302 g/mol. The SMILES string of the molecule is CC(C)c1cc(Br)ccc1OCCCNC(C)(C)C. The maximum absolute atomic E-state index is 5.91. The fraction of sp³-hybridized carbons (Fsp3) is 0.625. The van der Waals surface area contributed by atoms with Gasteiger partial charge in [0.15, 0.2) is 0 Å². The molecule has 19 heavy (non-hydrogen) atoms. The Hall–Kier alpha value is -0.540. The van der Waals surface area contributed by atoms with Crippen molar-refractivity contribution in [2.75, 3.05) is 13.2 Å². The van der Waals surface area contributed by atoms with Gasteiger partial charge in [-0.3, -0.25) is 0 Å². The van der Waals surface area contributed by atoms with Crippen LogP contribution in [0.1, 0.15) is 52.5 Å². The van der Waals surface area contributed by atoms with Gasteiger partial charge in [-0.15, -0.1) is 0 Å². The third-order valence-electron chi connectivity index (χ3n) is 2.83. The molecule has 0 fully saturated rings.